The lowest BCUT2D eigenvalue weighted by Gasteiger charge is -2.33. The van der Waals surface area contributed by atoms with Crippen LogP contribution in [0.4, 0.5) is 30.6 Å². The first-order chi connectivity index (χ1) is 20.4. The molecule has 0 aliphatic carbocycles. The second-order valence-electron chi connectivity index (χ2n) is 9.21. The summed E-state index contributed by atoms with van der Waals surface area (Å²) >= 11 is 5.94. The molecule has 4 rings (SSSR count). The summed E-state index contributed by atoms with van der Waals surface area (Å²) in [6, 6.07) is 12.9. The zero-order valence-corrected chi connectivity index (χ0v) is 24.3. The van der Waals surface area contributed by atoms with Crippen molar-refractivity contribution in [2.75, 3.05) is 44.6 Å². The molecule has 0 radical (unpaired) electrons. The number of hydrogen-bond acceptors (Lipinski definition) is 9. The number of hydrogen-bond donors (Lipinski definition) is 3. The maximum Gasteiger partial charge on any atom is 0.490 e. The van der Waals surface area contributed by atoms with Crippen LogP contribution in [0.1, 0.15) is 18.4 Å². The highest BCUT2D eigenvalue weighted by molar-refractivity contribution is 6.30. The Labute approximate surface area is 250 Å². The summed E-state index contributed by atoms with van der Waals surface area (Å²) in [5.74, 6) is -0.0855. The van der Waals surface area contributed by atoms with E-state index in [0.717, 1.165) is 30.8 Å². The third-order valence-corrected chi connectivity index (χ3v) is 6.55. The van der Waals surface area contributed by atoms with Gasteiger partial charge in [-0.25, -0.2) is 9.78 Å². The van der Waals surface area contributed by atoms with Gasteiger partial charge in [0, 0.05) is 48.7 Å². The standard InChI is InChI=1S/C26H30ClN5O4.C2HF3O2/c1-34-21-13-20(14-22(35-2)24(21)36-3)30-26-28-11-10-23(31-26)32-12-4-5-18(16-32)25(33)29-15-17-6-8-19(27)9-7-17;3-2(4,5)1(6)7/h6-11,13-14,18H,4-5,12,15-16H2,1-3H3,(H,29,33)(H,28,30,31);(H,6,7)/t18-;/m0./s1. The molecule has 2 heterocycles. The second-order valence-corrected chi connectivity index (χ2v) is 9.65. The first-order valence-corrected chi connectivity index (χ1v) is 13.3. The Morgan fingerprint density at radius 1 is 1.07 bits per heavy atom. The molecule has 2 aromatic carbocycles. The average Bonchev–Trinajstić information content (AvgIpc) is 3.00. The molecule has 1 amide bonds. The highest BCUT2D eigenvalue weighted by Crippen LogP contribution is 2.40. The molecule has 3 aromatic rings. The van der Waals surface area contributed by atoms with Crippen LogP contribution in [0.5, 0.6) is 17.2 Å². The van der Waals surface area contributed by atoms with Gasteiger partial charge in [0.25, 0.3) is 0 Å². The van der Waals surface area contributed by atoms with Crippen LogP contribution in [-0.4, -0.2) is 67.5 Å². The summed E-state index contributed by atoms with van der Waals surface area (Å²) in [6.45, 7) is 1.89. The predicted octanol–water partition coefficient (Wildman–Crippen LogP) is 5.07. The third kappa shape index (κ3) is 9.53. The summed E-state index contributed by atoms with van der Waals surface area (Å²) in [6.07, 6.45) is -1.64. The first-order valence-electron chi connectivity index (χ1n) is 12.9. The quantitative estimate of drug-likeness (QED) is 0.296. The van der Waals surface area contributed by atoms with Gasteiger partial charge in [-0.05, 0) is 36.6 Å². The van der Waals surface area contributed by atoms with Crippen molar-refractivity contribution in [2.45, 2.75) is 25.6 Å². The summed E-state index contributed by atoms with van der Waals surface area (Å²) in [4.78, 5) is 32.9. The molecule has 11 nitrogen and oxygen atoms in total. The van der Waals surface area contributed by atoms with Crippen molar-refractivity contribution in [3.8, 4) is 17.2 Å². The molecule has 0 saturated carbocycles. The Kier molecular flexibility index (Phi) is 11.6. The van der Waals surface area contributed by atoms with Crippen LogP contribution in [0.15, 0.2) is 48.7 Å². The summed E-state index contributed by atoms with van der Waals surface area (Å²) in [7, 11) is 4.69. The molecule has 232 valence electrons. The zero-order chi connectivity index (χ0) is 31.6. The summed E-state index contributed by atoms with van der Waals surface area (Å²) < 4.78 is 48.0. The number of rotatable bonds is 9. The van der Waals surface area contributed by atoms with Gasteiger partial charge >= 0.3 is 12.1 Å². The second kappa shape index (κ2) is 15.1. The van der Waals surface area contributed by atoms with Crippen LogP contribution < -0.4 is 29.7 Å². The number of carboxylic acid groups (broad SMARTS) is 1. The number of anilines is 3. The third-order valence-electron chi connectivity index (χ3n) is 6.30. The Morgan fingerprint density at radius 3 is 2.26 bits per heavy atom. The average molecular weight is 626 g/mol. The lowest BCUT2D eigenvalue weighted by molar-refractivity contribution is -0.192. The number of amides is 1. The molecule has 43 heavy (non-hydrogen) atoms. The molecule has 0 spiro atoms. The molecule has 1 aliphatic rings. The number of nitrogens with zero attached hydrogens (tertiary/aromatic N) is 3. The van der Waals surface area contributed by atoms with Crippen LogP contribution in [0.2, 0.25) is 5.02 Å². The summed E-state index contributed by atoms with van der Waals surface area (Å²) in [5.41, 5.74) is 1.71. The van der Waals surface area contributed by atoms with Crippen LogP contribution in [0.3, 0.4) is 0 Å². The molecule has 1 fully saturated rings. The first kappa shape index (κ1) is 33.0. The molecule has 1 aliphatic heterocycles. The molecule has 0 unspecified atom stereocenters. The fraction of sp³-hybridized carbons (Fsp3) is 0.357. The van der Waals surface area contributed by atoms with Crippen LogP contribution in [0, 0.1) is 5.92 Å². The number of carbonyl (C=O) groups is 2. The van der Waals surface area contributed by atoms with Crippen molar-refractivity contribution >= 4 is 40.9 Å². The predicted molar refractivity (Wildman–Crippen MR) is 153 cm³/mol. The van der Waals surface area contributed by atoms with Crippen molar-refractivity contribution in [3.63, 3.8) is 0 Å². The van der Waals surface area contributed by atoms with Gasteiger partial charge in [0.1, 0.15) is 5.82 Å². The van der Waals surface area contributed by atoms with Gasteiger partial charge in [-0.2, -0.15) is 18.2 Å². The molecule has 15 heteroatoms. The number of carboxylic acids is 1. The number of piperidine rings is 1. The van der Waals surface area contributed by atoms with Crippen molar-refractivity contribution in [3.05, 3.63) is 59.2 Å². The van der Waals surface area contributed by atoms with Crippen molar-refractivity contribution in [1.29, 1.82) is 0 Å². The zero-order valence-electron chi connectivity index (χ0n) is 23.6. The number of aliphatic carboxylic acids is 1. The minimum atomic E-state index is -5.08. The Hall–Kier alpha value is -4.46. The number of ether oxygens (including phenoxy) is 3. The lowest BCUT2D eigenvalue weighted by atomic mass is 9.97. The molecule has 0 bridgehead atoms. The number of carbonyl (C=O) groups excluding carboxylic acids is 1. The van der Waals surface area contributed by atoms with E-state index >= 15 is 0 Å². The molecule has 1 saturated heterocycles. The number of alkyl halides is 3. The van der Waals surface area contributed by atoms with E-state index in [-0.39, 0.29) is 11.8 Å². The van der Waals surface area contributed by atoms with Crippen molar-refractivity contribution in [2.24, 2.45) is 5.92 Å². The number of halogens is 4. The van der Waals surface area contributed by atoms with Crippen LogP contribution in [-0.2, 0) is 16.1 Å². The van der Waals surface area contributed by atoms with Gasteiger partial charge in [-0.1, -0.05) is 23.7 Å². The lowest BCUT2D eigenvalue weighted by Crippen LogP contribution is -2.43. The van der Waals surface area contributed by atoms with Crippen LogP contribution in [0.25, 0.3) is 0 Å². The highest BCUT2D eigenvalue weighted by Gasteiger charge is 2.38. The summed E-state index contributed by atoms with van der Waals surface area (Å²) in [5, 5.41) is 14.1. The van der Waals surface area contributed by atoms with E-state index in [1.807, 2.05) is 30.3 Å². The number of methoxy groups -OCH3 is 3. The Morgan fingerprint density at radius 2 is 1.70 bits per heavy atom. The topological polar surface area (TPSA) is 135 Å². The minimum absolute atomic E-state index is 0.0412. The number of nitrogens with one attached hydrogen (secondary N) is 2. The molecular weight excluding hydrogens is 595 g/mol. The Bertz CT molecular complexity index is 1370. The van der Waals surface area contributed by atoms with Gasteiger partial charge in [0.05, 0.1) is 27.2 Å². The van der Waals surface area contributed by atoms with E-state index in [9.17, 15) is 18.0 Å². The molecular formula is C28H31ClF3N5O6. The van der Waals surface area contributed by atoms with Crippen molar-refractivity contribution < 1.29 is 42.1 Å². The highest BCUT2D eigenvalue weighted by atomic mass is 35.5. The van der Waals surface area contributed by atoms with E-state index in [0.29, 0.717) is 47.0 Å². The molecule has 1 aromatic heterocycles. The Balaban J connectivity index is 0.000000646. The molecule has 1 atom stereocenters. The van der Waals surface area contributed by atoms with E-state index < -0.39 is 12.1 Å². The fourth-order valence-electron chi connectivity index (χ4n) is 4.20. The van der Waals surface area contributed by atoms with Crippen LogP contribution >= 0.6 is 11.6 Å². The minimum Gasteiger partial charge on any atom is -0.493 e. The van der Waals surface area contributed by atoms with E-state index in [4.69, 9.17) is 35.7 Å². The maximum atomic E-state index is 12.9. The fourth-order valence-corrected chi connectivity index (χ4v) is 4.33. The largest absolute Gasteiger partial charge is 0.493 e. The van der Waals surface area contributed by atoms with Gasteiger partial charge in [-0.15, -0.1) is 0 Å². The maximum absolute atomic E-state index is 12.9. The number of aromatic nitrogens is 2. The van der Waals surface area contributed by atoms with Gasteiger partial charge < -0.3 is 34.9 Å². The SMILES string of the molecule is COc1cc(Nc2nccc(N3CCC[C@H](C(=O)NCc4ccc(Cl)cc4)C3)n2)cc(OC)c1OC.O=C(O)C(F)(F)F. The normalized spacial score (nSPS) is 14.6. The van der Waals surface area contributed by atoms with E-state index in [1.54, 1.807) is 39.7 Å². The van der Waals surface area contributed by atoms with Crippen molar-refractivity contribution in [1.82, 2.24) is 15.3 Å². The molecule has 3 N–H and O–H groups in total. The smallest absolute Gasteiger partial charge is 0.490 e. The van der Waals surface area contributed by atoms with Gasteiger partial charge in [0.15, 0.2) is 11.5 Å². The van der Waals surface area contributed by atoms with Gasteiger partial charge in [-0.3, -0.25) is 4.79 Å². The van der Waals surface area contributed by atoms with E-state index in [2.05, 4.69) is 25.5 Å². The van der Waals surface area contributed by atoms with E-state index in [1.165, 1.54) is 0 Å². The van der Waals surface area contributed by atoms with Gasteiger partial charge in [0.2, 0.25) is 17.6 Å². The monoisotopic (exact) mass is 625 g/mol. The number of benzene rings is 2.